The van der Waals surface area contributed by atoms with Crippen molar-refractivity contribution >= 4 is 33.5 Å². The number of halogens is 3. The maximum atomic E-state index is 14.8. The van der Waals surface area contributed by atoms with E-state index in [9.17, 15) is 18.0 Å². The Kier molecular flexibility index (Phi) is 4.10. The van der Waals surface area contributed by atoms with Crippen LogP contribution in [0, 0.1) is 12.7 Å². The Balaban J connectivity index is 1.83. The van der Waals surface area contributed by atoms with Crippen LogP contribution in [0.5, 0.6) is 5.75 Å². The third kappa shape index (κ3) is 2.84. The monoisotopic (exact) mass is 392 g/mol. The first-order valence-corrected chi connectivity index (χ1v) is 9.01. The number of carbonyl (C=O) groups excluding carboxylic acids is 1. The molecule has 1 aromatic carbocycles. The molecule has 27 heavy (non-hydrogen) atoms. The lowest BCUT2D eigenvalue weighted by atomic mass is 10.1. The number of carbonyl (C=O) groups is 1. The van der Waals surface area contributed by atoms with Crippen LogP contribution < -0.4 is 10.1 Å². The number of rotatable bonds is 4. The molecule has 4 nitrogen and oxygen atoms in total. The summed E-state index contributed by atoms with van der Waals surface area (Å²) in [4.78, 5) is 15.9. The van der Waals surface area contributed by atoms with Crippen molar-refractivity contribution in [2.75, 3.05) is 12.4 Å². The van der Waals surface area contributed by atoms with E-state index < -0.39 is 24.2 Å². The van der Waals surface area contributed by atoms with Gasteiger partial charge in [-0.25, -0.2) is 18.2 Å². The van der Waals surface area contributed by atoms with Gasteiger partial charge in [-0.3, -0.25) is 4.79 Å². The van der Waals surface area contributed by atoms with Gasteiger partial charge >= 0.3 is 0 Å². The van der Waals surface area contributed by atoms with Crippen LogP contribution in [0.15, 0.2) is 24.3 Å². The standard InChI is InChI=1S/C19H15F3N2O2S/c1-9-5-10-6-11(8-25)27-16(10)18(23-9)24-17-12-3-4-14(20)15(26-2)13(12)7-19(17,21)22/h3-6,8,17H,7H2,1-2H3,(H,23,24)/t17-/m0/s1. The number of nitrogens with one attached hydrogen (secondary N) is 1. The zero-order valence-electron chi connectivity index (χ0n) is 14.5. The van der Waals surface area contributed by atoms with Crippen LogP contribution in [0.2, 0.25) is 0 Å². The molecule has 140 valence electrons. The number of hydrogen-bond donors (Lipinski definition) is 1. The van der Waals surface area contributed by atoms with Gasteiger partial charge in [0.25, 0.3) is 5.92 Å². The minimum absolute atomic E-state index is 0.154. The molecule has 0 radical (unpaired) electrons. The van der Waals surface area contributed by atoms with Crippen LogP contribution in [0.25, 0.3) is 10.1 Å². The Bertz CT molecular complexity index is 1060. The number of nitrogens with zero attached hydrogens (tertiary/aromatic N) is 1. The Morgan fingerprint density at radius 3 is 2.85 bits per heavy atom. The van der Waals surface area contributed by atoms with Crippen molar-refractivity contribution in [3.05, 3.63) is 51.8 Å². The quantitative estimate of drug-likeness (QED) is 0.641. The van der Waals surface area contributed by atoms with E-state index in [0.29, 0.717) is 15.3 Å². The van der Waals surface area contributed by atoms with Gasteiger partial charge in [0.2, 0.25) is 0 Å². The molecule has 2 aromatic heterocycles. The zero-order chi connectivity index (χ0) is 19.3. The third-order valence-corrected chi connectivity index (χ3v) is 5.73. The number of hydrogen-bond acceptors (Lipinski definition) is 5. The van der Waals surface area contributed by atoms with Crippen molar-refractivity contribution in [3.63, 3.8) is 0 Å². The summed E-state index contributed by atoms with van der Waals surface area (Å²) in [5, 5.41) is 3.59. The zero-order valence-corrected chi connectivity index (χ0v) is 15.3. The van der Waals surface area contributed by atoms with Gasteiger partial charge in [-0.15, -0.1) is 11.3 Å². The number of anilines is 1. The Morgan fingerprint density at radius 2 is 2.15 bits per heavy atom. The third-order valence-electron chi connectivity index (χ3n) is 4.64. The summed E-state index contributed by atoms with van der Waals surface area (Å²) >= 11 is 1.18. The van der Waals surface area contributed by atoms with Crippen molar-refractivity contribution in [2.45, 2.75) is 25.3 Å². The summed E-state index contributed by atoms with van der Waals surface area (Å²) in [5.74, 6) is -3.69. The van der Waals surface area contributed by atoms with Crippen molar-refractivity contribution in [1.29, 1.82) is 0 Å². The molecule has 0 saturated heterocycles. The molecule has 3 aromatic rings. The van der Waals surface area contributed by atoms with E-state index in [4.69, 9.17) is 4.74 Å². The molecule has 0 fully saturated rings. The van der Waals surface area contributed by atoms with E-state index in [1.807, 2.05) is 0 Å². The molecule has 2 heterocycles. The van der Waals surface area contributed by atoms with Crippen molar-refractivity contribution in [1.82, 2.24) is 4.98 Å². The van der Waals surface area contributed by atoms with Crippen molar-refractivity contribution < 1.29 is 22.7 Å². The predicted octanol–water partition coefficient (Wildman–Crippen LogP) is 4.91. The van der Waals surface area contributed by atoms with Gasteiger partial charge < -0.3 is 10.1 Å². The molecule has 1 aliphatic rings. The Hall–Kier alpha value is -2.61. The Labute approximate surface area is 157 Å². The van der Waals surface area contributed by atoms with E-state index in [1.165, 1.54) is 24.5 Å². The number of thiophene rings is 1. The van der Waals surface area contributed by atoms with Gasteiger partial charge in [0.15, 0.2) is 17.9 Å². The smallest absolute Gasteiger partial charge is 0.276 e. The number of aldehydes is 1. The summed E-state index contributed by atoms with van der Waals surface area (Å²) < 4.78 is 49.1. The summed E-state index contributed by atoms with van der Waals surface area (Å²) in [6.07, 6.45) is 0.0941. The second-order valence-corrected chi connectivity index (χ2v) is 7.54. The summed E-state index contributed by atoms with van der Waals surface area (Å²) in [5.41, 5.74) is 1.07. The Morgan fingerprint density at radius 1 is 1.37 bits per heavy atom. The van der Waals surface area contributed by atoms with Crippen LogP contribution in [0.1, 0.15) is 32.5 Å². The average Bonchev–Trinajstić information content (AvgIpc) is 3.13. The number of pyridine rings is 1. The molecule has 0 amide bonds. The molecule has 0 aliphatic heterocycles. The highest BCUT2D eigenvalue weighted by molar-refractivity contribution is 7.21. The molecule has 0 bridgehead atoms. The topological polar surface area (TPSA) is 51.2 Å². The first-order valence-electron chi connectivity index (χ1n) is 8.20. The molecular weight excluding hydrogens is 377 g/mol. The first kappa shape index (κ1) is 17.8. The fraction of sp³-hybridized carbons (Fsp3) is 0.263. The number of alkyl halides is 2. The van der Waals surface area contributed by atoms with Crippen molar-refractivity contribution in [2.24, 2.45) is 0 Å². The number of benzene rings is 1. The van der Waals surface area contributed by atoms with Gasteiger partial charge in [0, 0.05) is 17.7 Å². The maximum absolute atomic E-state index is 14.8. The van der Waals surface area contributed by atoms with Crippen LogP contribution >= 0.6 is 11.3 Å². The molecule has 0 unspecified atom stereocenters. The van der Waals surface area contributed by atoms with Crippen molar-refractivity contribution in [3.8, 4) is 5.75 Å². The average molecular weight is 392 g/mol. The minimum Gasteiger partial charge on any atom is -0.493 e. The van der Waals surface area contributed by atoms with Crippen LogP contribution in [0.3, 0.4) is 0 Å². The molecule has 1 aliphatic carbocycles. The molecule has 8 heteroatoms. The van der Waals surface area contributed by atoms with E-state index in [0.717, 1.165) is 17.7 Å². The van der Waals surface area contributed by atoms with Gasteiger partial charge in [-0.1, -0.05) is 6.07 Å². The maximum Gasteiger partial charge on any atom is 0.276 e. The molecule has 0 saturated carbocycles. The summed E-state index contributed by atoms with van der Waals surface area (Å²) in [6.45, 7) is 1.75. The highest BCUT2D eigenvalue weighted by Crippen LogP contribution is 2.49. The first-order chi connectivity index (χ1) is 12.8. The fourth-order valence-corrected chi connectivity index (χ4v) is 4.44. The van der Waals surface area contributed by atoms with E-state index in [-0.39, 0.29) is 22.7 Å². The number of ether oxygens (including phenoxy) is 1. The predicted molar refractivity (Wildman–Crippen MR) is 97.7 cm³/mol. The molecule has 1 atom stereocenters. The van der Waals surface area contributed by atoms with Gasteiger partial charge in [0.05, 0.1) is 16.7 Å². The largest absolute Gasteiger partial charge is 0.493 e. The highest BCUT2D eigenvalue weighted by Gasteiger charge is 2.49. The lowest BCUT2D eigenvalue weighted by molar-refractivity contribution is -0.00736. The summed E-state index contributed by atoms with van der Waals surface area (Å²) in [7, 11) is 1.26. The summed E-state index contributed by atoms with van der Waals surface area (Å²) in [6, 6.07) is 4.60. The lowest BCUT2D eigenvalue weighted by Gasteiger charge is -2.22. The van der Waals surface area contributed by atoms with Gasteiger partial charge in [-0.05, 0) is 36.1 Å². The molecule has 0 spiro atoms. The van der Waals surface area contributed by atoms with E-state index >= 15 is 0 Å². The molecular formula is C19H15F3N2O2S. The van der Waals surface area contributed by atoms with Gasteiger partial charge in [0.1, 0.15) is 11.9 Å². The lowest BCUT2D eigenvalue weighted by Crippen LogP contribution is -2.28. The van der Waals surface area contributed by atoms with E-state index in [1.54, 1.807) is 19.1 Å². The molecule has 4 rings (SSSR count). The van der Waals surface area contributed by atoms with Gasteiger partial charge in [-0.2, -0.15) is 0 Å². The number of aryl methyl sites for hydroxylation is 1. The second kappa shape index (κ2) is 6.23. The SMILES string of the molecule is COc1c(F)ccc2c1CC(F)(F)[C@H]2Nc1nc(C)cc2cc(C=O)sc12. The molecule has 1 N–H and O–H groups in total. The normalized spacial score (nSPS) is 17.7. The second-order valence-electron chi connectivity index (χ2n) is 6.46. The fourth-order valence-electron chi connectivity index (χ4n) is 3.53. The van der Waals surface area contributed by atoms with Crippen LogP contribution in [-0.2, 0) is 6.42 Å². The van der Waals surface area contributed by atoms with Crippen LogP contribution in [0.4, 0.5) is 19.0 Å². The number of fused-ring (bicyclic) bond motifs is 2. The minimum atomic E-state index is -3.15. The highest BCUT2D eigenvalue weighted by atomic mass is 32.1. The van der Waals surface area contributed by atoms with Crippen LogP contribution in [-0.4, -0.2) is 24.3 Å². The number of methoxy groups -OCH3 is 1. The number of aromatic nitrogens is 1. The van der Waals surface area contributed by atoms with E-state index in [2.05, 4.69) is 10.3 Å².